The third-order valence-corrected chi connectivity index (χ3v) is 4.75. The van der Waals surface area contributed by atoms with Crippen molar-refractivity contribution in [3.05, 3.63) is 93.4 Å². The lowest BCUT2D eigenvalue weighted by Gasteiger charge is -2.09. The maximum Gasteiger partial charge on any atom is 0.255 e. The molecular weight excluding hydrogens is 470 g/mol. The number of halogens is 2. The van der Waals surface area contributed by atoms with Crippen molar-refractivity contribution in [2.45, 2.75) is 0 Å². The second kappa shape index (κ2) is 10.0. The van der Waals surface area contributed by atoms with Crippen LogP contribution in [0.3, 0.4) is 0 Å². The Morgan fingerprint density at radius 1 is 0.767 bits per heavy atom. The van der Waals surface area contributed by atoms with Gasteiger partial charge in [-0.2, -0.15) is 0 Å². The molecule has 0 saturated heterocycles. The van der Waals surface area contributed by atoms with E-state index in [4.69, 9.17) is 11.6 Å². The van der Waals surface area contributed by atoms with E-state index in [2.05, 4.69) is 31.9 Å². The predicted molar refractivity (Wildman–Crippen MR) is 121 cm³/mol. The summed E-state index contributed by atoms with van der Waals surface area (Å²) < 4.78 is 0.792. The maximum absolute atomic E-state index is 12.4. The first-order valence-corrected chi connectivity index (χ1v) is 10.1. The Balaban J connectivity index is 1.56. The molecule has 0 aliphatic rings. The molecular formula is C22H17BrClN3O3. The summed E-state index contributed by atoms with van der Waals surface area (Å²) in [6.07, 6.45) is 0. The van der Waals surface area contributed by atoms with Gasteiger partial charge in [-0.15, -0.1) is 0 Å². The zero-order valence-electron chi connectivity index (χ0n) is 15.6. The molecule has 0 spiro atoms. The van der Waals surface area contributed by atoms with Gasteiger partial charge < -0.3 is 16.0 Å². The lowest BCUT2D eigenvalue weighted by molar-refractivity contribution is -0.115. The molecule has 3 aromatic carbocycles. The molecule has 0 aromatic heterocycles. The van der Waals surface area contributed by atoms with Gasteiger partial charge >= 0.3 is 0 Å². The highest BCUT2D eigenvalue weighted by Crippen LogP contribution is 2.16. The molecule has 0 aliphatic carbocycles. The number of carbonyl (C=O) groups is 3. The molecule has 8 heteroatoms. The highest BCUT2D eigenvalue weighted by atomic mass is 79.9. The fraction of sp³-hybridized carbons (Fsp3) is 0.0455. The van der Waals surface area contributed by atoms with Crippen LogP contribution >= 0.6 is 27.5 Å². The zero-order valence-corrected chi connectivity index (χ0v) is 18.0. The summed E-state index contributed by atoms with van der Waals surface area (Å²) in [4.78, 5) is 36.7. The van der Waals surface area contributed by atoms with E-state index in [9.17, 15) is 14.4 Å². The highest BCUT2D eigenvalue weighted by molar-refractivity contribution is 9.10. The summed E-state index contributed by atoms with van der Waals surface area (Å²) in [6.45, 7) is -0.198. The molecule has 3 N–H and O–H groups in total. The average molecular weight is 487 g/mol. The number of carbonyl (C=O) groups excluding carboxylic acids is 3. The number of hydrogen-bond donors (Lipinski definition) is 3. The van der Waals surface area contributed by atoms with Crippen LogP contribution in [0, 0.1) is 0 Å². The van der Waals surface area contributed by atoms with Gasteiger partial charge in [-0.1, -0.05) is 39.7 Å². The van der Waals surface area contributed by atoms with E-state index in [1.165, 1.54) is 0 Å². The van der Waals surface area contributed by atoms with Gasteiger partial charge in [0.2, 0.25) is 5.91 Å². The molecule has 0 aliphatic heterocycles. The first kappa shape index (κ1) is 21.5. The van der Waals surface area contributed by atoms with Gasteiger partial charge in [0.1, 0.15) is 0 Å². The van der Waals surface area contributed by atoms with E-state index in [0.717, 1.165) is 4.47 Å². The Hall–Kier alpha value is -3.16. The van der Waals surface area contributed by atoms with Crippen LogP contribution in [0.15, 0.2) is 77.3 Å². The van der Waals surface area contributed by atoms with Gasteiger partial charge in [-0.3, -0.25) is 14.4 Å². The second-order valence-electron chi connectivity index (χ2n) is 6.28. The molecule has 0 atom stereocenters. The molecule has 3 rings (SSSR count). The van der Waals surface area contributed by atoms with Crippen molar-refractivity contribution in [3.8, 4) is 0 Å². The fourth-order valence-electron chi connectivity index (χ4n) is 2.57. The largest absolute Gasteiger partial charge is 0.343 e. The van der Waals surface area contributed by atoms with E-state index in [-0.39, 0.29) is 18.4 Å². The minimum absolute atomic E-state index is 0.198. The normalized spacial score (nSPS) is 10.2. The van der Waals surface area contributed by atoms with E-state index in [1.807, 2.05) is 6.07 Å². The van der Waals surface area contributed by atoms with E-state index in [1.54, 1.807) is 66.7 Å². The van der Waals surface area contributed by atoms with Crippen molar-refractivity contribution in [1.82, 2.24) is 5.32 Å². The van der Waals surface area contributed by atoms with Crippen LogP contribution in [0.5, 0.6) is 0 Å². The molecule has 0 heterocycles. The molecule has 0 fully saturated rings. The Morgan fingerprint density at radius 2 is 1.43 bits per heavy atom. The number of hydrogen-bond acceptors (Lipinski definition) is 3. The second-order valence-corrected chi connectivity index (χ2v) is 7.64. The average Bonchev–Trinajstić information content (AvgIpc) is 2.74. The van der Waals surface area contributed by atoms with E-state index in [0.29, 0.717) is 27.5 Å². The number of amides is 3. The van der Waals surface area contributed by atoms with Crippen molar-refractivity contribution < 1.29 is 14.4 Å². The van der Waals surface area contributed by atoms with Crippen LogP contribution in [-0.4, -0.2) is 24.3 Å². The van der Waals surface area contributed by atoms with Crippen molar-refractivity contribution in [2.24, 2.45) is 0 Å². The van der Waals surface area contributed by atoms with E-state index < -0.39 is 5.91 Å². The Kier molecular flexibility index (Phi) is 7.21. The number of anilines is 2. The lowest BCUT2D eigenvalue weighted by atomic mass is 10.1. The van der Waals surface area contributed by atoms with Gasteiger partial charge in [0.05, 0.1) is 6.54 Å². The molecule has 0 unspecified atom stereocenters. The van der Waals surface area contributed by atoms with Gasteiger partial charge in [-0.05, 0) is 60.7 Å². The summed E-state index contributed by atoms with van der Waals surface area (Å²) in [5.41, 5.74) is 1.86. The minimum atomic E-state index is -0.431. The van der Waals surface area contributed by atoms with Crippen molar-refractivity contribution in [3.63, 3.8) is 0 Å². The third-order valence-electron chi connectivity index (χ3n) is 4.01. The monoisotopic (exact) mass is 485 g/mol. The van der Waals surface area contributed by atoms with Crippen molar-refractivity contribution in [1.29, 1.82) is 0 Å². The Morgan fingerprint density at radius 3 is 2.13 bits per heavy atom. The molecule has 6 nitrogen and oxygen atoms in total. The molecule has 0 bridgehead atoms. The summed E-state index contributed by atoms with van der Waals surface area (Å²) >= 11 is 9.13. The predicted octanol–water partition coefficient (Wildman–Crippen LogP) is 4.72. The quantitative estimate of drug-likeness (QED) is 0.471. The summed E-state index contributed by atoms with van der Waals surface area (Å²) in [6, 6.07) is 20.1. The number of benzene rings is 3. The Labute approximate surface area is 186 Å². The third kappa shape index (κ3) is 6.17. The van der Waals surface area contributed by atoms with Crippen LogP contribution < -0.4 is 16.0 Å². The Bertz CT molecular complexity index is 1090. The molecule has 0 radical (unpaired) electrons. The SMILES string of the molecule is O=C(CNC(=O)c1cccc(NC(=O)c2cccc(Br)c2)c1)Nc1ccc(Cl)cc1. The summed E-state index contributed by atoms with van der Waals surface area (Å²) in [5, 5.41) is 8.53. The lowest BCUT2D eigenvalue weighted by Crippen LogP contribution is -2.32. The van der Waals surface area contributed by atoms with Crippen molar-refractivity contribution in [2.75, 3.05) is 17.2 Å². The minimum Gasteiger partial charge on any atom is -0.343 e. The standard InChI is InChI=1S/C22H17BrClN3O3/c23-16-5-1-3-14(11-16)22(30)27-19-6-2-4-15(12-19)21(29)25-13-20(28)26-18-9-7-17(24)8-10-18/h1-12H,13H2,(H,25,29)(H,26,28)(H,27,30). The molecule has 152 valence electrons. The summed E-state index contributed by atoms with van der Waals surface area (Å²) in [7, 11) is 0. The van der Waals surface area contributed by atoms with Crippen LogP contribution in [-0.2, 0) is 4.79 Å². The first-order chi connectivity index (χ1) is 14.4. The van der Waals surface area contributed by atoms with Crippen molar-refractivity contribution >= 4 is 56.6 Å². The van der Waals surface area contributed by atoms with Crippen LogP contribution in [0.1, 0.15) is 20.7 Å². The highest BCUT2D eigenvalue weighted by Gasteiger charge is 2.11. The maximum atomic E-state index is 12.4. The smallest absolute Gasteiger partial charge is 0.255 e. The van der Waals surface area contributed by atoms with Gasteiger partial charge in [-0.25, -0.2) is 0 Å². The molecule has 3 aromatic rings. The van der Waals surface area contributed by atoms with Gasteiger partial charge in [0.25, 0.3) is 11.8 Å². The zero-order chi connectivity index (χ0) is 21.5. The molecule has 0 saturated carbocycles. The first-order valence-electron chi connectivity index (χ1n) is 8.91. The number of nitrogens with one attached hydrogen (secondary N) is 3. The van der Waals surface area contributed by atoms with Crippen LogP contribution in [0.4, 0.5) is 11.4 Å². The molecule has 3 amide bonds. The van der Waals surface area contributed by atoms with E-state index >= 15 is 0 Å². The summed E-state index contributed by atoms with van der Waals surface area (Å²) in [5.74, 6) is -1.10. The van der Waals surface area contributed by atoms with Gasteiger partial charge in [0.15, 0.2) is 0 Å². The van der Waals surface area contributed by atoms with Crippen LogP contribution in [0.25, 0.3) is 0 Å². The fourth-order valence-corrected chi connectivity index (χ4v) is 3.10. The van der Waals surface area contributed by atoms with Gasteiger partial charge in [0, 0.05) is 32.0 Å². The number of rotatable bonds is 6. The topological polar surface area (TPSA) is 87.3 Å². The molecule has 30 heavy (non-hydrogen) atoms. The van der Waals surface area contributed by atoms with Crippen LogP contribution in [0.2, 0.25) is 5.02 Å².